The van der Waals surface area contributed by atoms with Crippen LogP contribution in [0.15, 0.2) is 66.7 Å². The van der Waals surface area contributed by atoms with E-state index < -0.39 is 28.5 Å². The van der Waals surface area contributed by atoms with Crippen LogP contribution in [0, 0.1) is 0 Å². The van der Waals surface area contributed by atoms with Crippen LogP contribution in [0.5, 0.6) is 11.5 Å². The molecule has 0 radical (unpaired) electrons. The van der Waals surface area contributed by atoms with Gasteiger partial charge in [-0.05, 0) is 41.8 Å². The first-order valence-corrected chi connectivity index (χ1v) is 16.1. The van der Waals surface area contributed by atoms with Crippen molar-refractivity contribution in [1.29, 1.82) is 0 Å². The van der Waals surface area contributed by atoms with E-state index in [-0.39, 0.29) is 24.6 Å². The van der Waals surface area contributed by atoms with Crippen LogP contribution in [0.25, 0.3) is 0 Å². The number of anilines is 1. The molecule has 0 saturated heterocycles. The third kappa shape index (κ3) is 8.08. The Hall–Kier alpha value is -3.47. The molecule has 1 aliphatic rings. The second kappa shape index (κ2) is 14.1. The van der Waals surface area contributed by atoms with Crippen LogP contribution in [0.1, 0.15) is 24.5 Å². The van der Waals surface area contributed by atoms with Crippen molar-refractivity contribution < 1.29 is 27.5 Å². The number of hydrogen-bond acceptors (Lipinski definition) is 6. The zero-order chi connectivity index (χ0) is 30.3. The molecule has 0 fully saturated rings. The van der Waals surface area contributed by atoms with E-state index in [0.29, 0.717) is 53.3 Å². The normalized spacial score (nSPS) is 13.2. The monoisotopic (exact) mass is 633 g/mol. The number of sulfonamides is 1. The molecule has 0 saturated carbocycles. The Labute approximate surface area is 256 Å². The minimum atomic E-state index is -3.93. The summed E-state index contributed by atoms with van der Waals surface area (Å²) in [5.74, 6) is -0.0525. The Kier molecular flexibility index (Phi) is 10.6. The van der Waals surface area contributed by atoms with E-state index in [2.05, 4.69) is 5.32 Å². The van der Waals surface area contributed by atoms with Gasteiger partial charge in [-0.2, -0.15) is 0 Å². The summed E-state index contributed by atoms with van der Waals surface area (Å²) in [5, 5.41) is 3.55. The molecule has 1 aliphatic heterocycles. The molecule has 1 atom stereocenters. The lowest BCUT2D eigenvalue weighted by Crippen LogP contribution is -2.53. The molecule has 1 heterocycles. The molecule has 0 spiro atoms. The maximum absolute atomic E-state index is 14.2. The first kappa shape index (κ1) is 31.5. The molecule has 12 heteroatoms. The van der Waals surface area contributed by atoms with E-state index in [9.17, 15) is 18.0 Å². The Bertz CT molecular complexity index is 1520. The van der Waals surface area contributed by atoms with Gasteiger partial charge in [-0.25, -0.2) is 8.42 Å². The first-order valence-electron chi connectivity index (χ1n) is 13.5. The Morgan fingerprint density at radius 2 is 1.64 bits per heavy atom. The molecule has 2 amide bonds. The lowest BCUT2D eigenvalue weighted by Gasteiger charge is -2.33. The summed E-state index contributed by atoms with van der Waals surface area (Å²) >= 11 is 12.4. The quantitative estimate of drug-likeness (QED) is 0.310. The minimum Gasteiger partial charge on any atom is -0.486 e. The fraction of sp³-hybridized carbons (Fsp3) is 0.333. The number of benzene rings is 3. The third-order valence-electron chi connectivity index (χ3n) is 6.65. The minimum absolute atomic E-state index is 0.00842. The van der Waals surface area contributed by atoms with Crippen LogP contribution >= 0.6 is 23.2 Å². The molecule has 9 nitrogen and oxygen atoms in total. The van der Waals surface area contributed by atoms with Crippen LogP contribution < -0.4 is 19.1 Å². The number of nitrogens with zero attached hydrogens (tertiary/aromatic N) is 2. The number of ether oxygens (including phenoxy) is 2. The predicted molar refractivity (Wildman–Crippen MR) is 164 cm³/mol. The van der Waals surface area contributed by atoms with Gasteiger partial charge in [0.1, 0.15) is 25.8 Å². The summed E-state index contributed by atoms with van der Waals surface area (Å²) in [6, 6.07) is 18.0. The first-order chi connectivity index (χ1) is 20.1. The lowest BCUT2D eigenvalue weighted by molar-refractivity contribution is -0.140. The maximum Gasteiger partial charge on any atom is 0.244 e. The summed E-state index contributed by atoms with van der Waals surface area (Å²) in [5.41, 5.74) is 1.71. The average Bonchev–Trinajstić information content (AvgIpc) is 2.97. The number of carbonyl (C=O) groups excluding carboxylic acids is 2. The van der Waals surface area contributed by atoms with Crippen molar-refractivity contribution in [3.63, 3.8) is 0 Å². The highest BCUT2D eigenvalue weighted by molar-refractivity contribution is 7.92. The summed E-state index contributed by atoms with van der Waals surface area (Å²) in [6.07, 6.45) is 1.94. The molecule has 224 valence electrons. The largest absolute Gasteiger partial charge is 0.486 e. The van der Waals surface area contributed by atoms with Gasteiger partial charge in [0, 0.05) is 25.6 Å². The van der Waals surface area contributed by atoms with Crippen LogP contribution in [-0.2, 0) is 32.6 Å². The third-order valence-corrected chi connectivity index (χ3v) is 8.53. The Morgan fingerprint density at radius 3 is 2.31 bits per heavy atom. The van der Waals surface area contributed by atoms with Crippen molar-refractivity contribution in [1.82, 2.24) is 10.2 Å². The van der Waals surface area contributed by atoms with Gasteiger partial charge in [-0.3, -0.25) is 13.9 Å². The number of halogens is 2. The van der Waals surface area contributed by atoms with E-state index in [1.807, 2.05) is 37.3 Å². The SMILES string of the molecule is CCCNC(=O)C(Cc1ccccc1)N(Cc1ccc(Cl)c(Cl)c1)C(=O)CN(c1ccc2c(c1)OCCO2)S(C)(=O)=O. The fourth-order valence-corrected chi connectivity index (χ4v) is 5.72. The van der Waals surface area contributed by atoms with Crippen molar-refractivity contribution in [2.45, 2.75) is 32.4 Å². The van der Waals surface area contributed by atoms with Crippen molar-refractivity contribution >= 4 is 50.7 Å². The predicted octanol–water partition coefficient (Wildman–Crippen LogP) is 4.70. The summed E-state index contributed by atoms with van der Waals surface area (Å²) in [6.45, 7) is 2.50. The van der Waals surface area contributed by atoms with Gasteiger partial charge >= 0.3 is 0 Å². The second-order valence-corrected chi connectivity index (χ2v) is 12.6. The van der Waals surface area contributed by atoms with Crippen LogP contribution in [0.4, 0.5) is 5.69 Å². The number of fused-ring (bicyclic) bond motifs is 1. The highest BCUT2D eigenvalue weighted by Crippen LogP contribution is 2.35. The molecule has 3 aromatic carbocycles. The number of amides is 2. The second-order valence-electron chi connectivity index (χ2n) is 9.86. The van der Waals surface area contributed by atoms with Crippen molar-refractivity contribution in [2.75, 3.05) is 36.9 Å². The molecule has 3 aromatic rings. The zero-order valence-electron chi connectivity index (χ0n) is 23.4. The molecular formula is C30H33Cl2N3O6S. The lowest BCUT2D eigenvalue weighted by atomic mass is 10.0. The van der Waals surface area contributed by atoms with E-state index in [0.717, 1.165) is 16.1 Å². The van der Waals surface area contributed by atoms with Crippen LogP contribution in [0.3, 0.4) is 0 Å². The number of hydrogen-bond donors (Lipinski definition) is 1. The van der Waals surface area contributed by atoms with E-state index in [4.69, 9.17) is 32.7 Å². The number of rotatable bonds is 12. The van der Waals surface area contributed by atoms with Gasteiger partial charge in [0.2, 0.25) is 21.8 Å². The van der Waals surface area contributed by atoms with Gasteiger partial charge < -0.3 is 19.7 Å². The molecule has 0 aromatic heterocycles. The van der Waals surface area contributed by atoms with Crippen LogP contribution in [-0.4, -0.2) is 63.7 Å². The molecule has 1 unspecified atom stereocenters. The number of nitrogens with one attached hydrogen (secondary N) is 1. The maximum atomic E-state index is 14.2. The Morgan fingerprint density at radius 1 is 0.929 bits per heavy atom. The topological polar surface area (TPSA) is 105 Å². The van der Waals surface area contributed by atoms with Crippen LogP contribution in [0.2, 0.25) is 10.0 Å². The van der Waals surface area contributed by atoms with E-state index in [1.54, 1.807) is 30.3 Å². The molecule has 1 N–H and O–H groups in total. The van der Waals surface area contributed by atoms with Crippen molar-refractivity contribution in [3.8, 4) is 11.5 Å². The zero-order valence-corrected chi connectivity index (χ0v) is 25.7. The van der Waals surface area contributed by atoms with E-state index >= 15 is 0 Å². The summed E-state index contributed by atoms with van der Waals surface area (Å²) < 4.78 is 38.2. The average molecular weight is 635 g/mol. The number of carbonyl (C=O) groups is 2. The molecule has 4 rings (SSSR count). The standard InChI is InChI=1S/C30H33Cl2N3O6S/c1-3-13-33-30(37)26(17-21-7-5-4-6-8-21)34(19-22-9-11-24(31)25(32)16-22)29(36)20-35(42(2,38)39)23-10-12-27-28(18-23)41-15-14-40-27/h4-12,16,18,26H,3,13-15,17,19-20H2,1-2H3,(H,33,37). The highest BCUT2D eigenvalue weighted by atomic mass is 35.5. The molecule has 0 bridgehead atoms. The summed E-state index contributed by atoms with van der Waals surface area (Å²) in [7, 11) is -3.93. The summed E-state index contributed by atoms with van der Waals surface area (Å²) in [4.78, 5) is 29.1. The van der Waals surface area contributed by atoms with Crippen molar-refractivity contribution in [2.24, 2.45) is 0 Å². The molecular weight excluding hydrogens is 601 g/mol. The smallest absolute Gasteiger partial charge is 0.244 e. The van der Waals surface area contributed by atoms with Gasteiger partial charge in [0.15, 0.2) is 11.5 Å². The highest BCUT2D eigenvalue weighted by Gasteiger charge is 2.33. The molecule has 0 aliphatic carbocycles. The van der Waals surface area contributed by atoms with Gasteiger partial charge in [-0.1, -0.05) is 66.5 Å². The van der Waals surface area contributed by atoms with Gasteiger partial charge in [0.05, 0.1) is 22.0 Å². The fourth-order valence-electron chi connectivity index (χ4n) is 4.56. The molecule has 42 heavy (non-hydrogen) atoms. The van der Waals surface area contributed by atoms with Gasteiger partial charge in [-0.15, -0.1) is 0 Å². The van der Waals surface area contributed by atoms with Crippen molar-refractivity contribution in [3.05, 3.63) is 87.9 Å². The Balaban J connectivity index is 1.73. The van der Waals surface area contributed by atoms with E-state index in [1.165, 1.54) is 11.0 Å². The van der Waals surface area contributed by atoms with Gasteiger partial charge in [0.25, 0.3) is 0 Å².